The van der Waals surface area contributed by atoms with Crippen LogP contribution in [0, 0.1) is 6.92 Å². The van der Waals surface area contributed by atoms with Gasteiger partial charge in [-0.1, -0.05) is 39.8 Å². The molecule has 0 saturated carbocycles. The molecule has 5 heteroatoms. The van der Waals surface area contributed by atoms with Crippen LogP contribution in [0.15, 0.2) is 24.3 Å². The number of ether oxygens (including phenoxy) is 1. The Balaban J connectivity index is 1.75. The van der Waals surface area contributed by atoms with E-state index in [-0.39, 0.29) is 16.7 Å². The molecule has 1 aromatic carbocycles. The zero-order chi connectivity index (χ0) is 22.4. The molecule has 0 bridgehead atoms. The van der Waals surface area contributed by atoms with Crippen molar-refractivity contribution in [2.24, 2.45) is 5.73 Å². The van der Waals surface area contributed by atoms with Gasteiger partial charge in [-0.25, -0.2) is 0 Å². The average Bonchev–Trinajstić information content (AvgIpc) is 3.07. The lowest BCUT2D eigenvalue weighted by Crippen LogP contribution is -2.38. The Morgan fingerprint density at radius 1 is 1.00 bits per heavy atom. The van der Waals surface area contributed by atoms with E-state index in [1.165, 1.54) is 29.5 Å². The number of nitrogens with zero attached hydrogens (tertiary/aromatic N) is 2. The second-order valence-corrected chi connectivity index (χ2v) is 10.5. The third-order valence-corrected chi connectivity index (χ3v) is 7.52. The highest BCUT2D eigenvalue weighted by Gasteiger charge is 2.37. The number of primary amides is 1. The molecule has 1 saturated heterocycles. The quantitative estimate of drug-likeness (QED) is 0.782. The van der Waals surface area contributed by atoms with Gasteiger partial charge >= 0.3 is 0 Å². The van der Waals surface area contributed by atoms with Gasteiger partial charge in [0.1, 0.15) is 0 Å². The van der Waals surface area contributed by atoms with Crippen molar-refractivity contribution in [1.29, 1.82) is 0 Å². The lowest BCUT2D eigenvalue weighted by molar-refractivity contribution is 0.0364. The van der Waals surface area contributed by atoms with Gasteiger partial charge in [0.25, 0.3) is 5.91 Å². The average molecular weight is 424 g/mol. The lowest BCUT2D eigenvalue weighted by atomic mass is 9.63. The van der Waals surface area contributed by atoms with Gasteiger partial charge in [0, 0.05) is 37.6 Å². The summed E-state index contributed by atoms with van der Waals surface area (Å²) in [5.74, 6) is -0.358. The first-order valence-electron chi connectivity index (χ1n) is 11.6. The van der Waals surface area contributed by atoms with Crippen molar-refractivity contribution in [2.75, 3.05) is 32.8 Å². The summed E-state index contributed by atoms with van der Waals surface area (Å²) in [6.07, 6.45) is 2.38. The molecule has 31 heavy (non-hydrogen) atoms. The third kappa shape index (κ3) is 4.18. The SMILES string of the molecule is Cc1c(C(N)=O)cc(-c2ccc3c(c2)C(C)(C)CCC3(C)C)n1CCN1CCOCC1. The summed E-state index contributed by atoms with van der Waals surface area (Å²) >= 11 is 0. The number of carbonyl (C=O) groups excluding carboxylic acids is 1. The molecule has 0 atom stereocenters. The third-order valence-electron chi connectivity index (χ3n) is 7.52. The molecule has 0 spiro atoms. The smallest absolute Gasteiger partial charge is 0.250 e. The number of hydrogen-bond acceptors (Lipinski definition) is 3. The predicted molar refractivity (Wildman–Crippen MR) is 126 cm³/mol. The minimum atomic E-state index is -0.358. The molecule has 1 amide bonds. The molecule has 4 rings (SSSR count). The first-order valence-corrected chi connectivity index (χ1v) is 11.6. The van der Waals surface area contributed by atoms with Gasteiger partial charge in [-0.15, -0.1) is 0 Å². The first-order chi connectivity index (χ1) is 14.6. The zero-order valence-electron chi connectivity index (χ0n) is 19.8. The number of carbonyl (C=O) groups is 1. The highest BCUT2D eigenvalue weighted by atomic mass is 16.5. The van der Waals surface area contributed by atoms with E-state index >= 15 is 0 Å². The number of morpholine rings is 1. The number of amides is 1. The summed E-state index contributed by atoms with van der Waals surface area (Å²) in [6, 6.07) is 8.89. The second kappa shape index (κ2) is 8.10. The molecule has 2 aliphatic rings. The van der Waals surface area contributed by atoms with Gasteiger partial charge < -0.3 is 15.0 Å². The lowest BCUT2D eigenvalue weighted by Gasteiger charge is -2.42. The maximum Gasteiger partial charge on any atom is 0.250 e. The molecule has 168 valence electrons. The van der Waals surface area contributed by atoms with Gasteiger partial charge in [0.2, 0.25) is 0 Å². The minimum absolute atomic E-state index is 0.146. The molecule has 1 fully saturated rings. The molecule has 2 heterocycles. The predicted octanol–water partition coefficient (Wildman–Crippen LogP) is 4.24. The highest BCUT2D eigenvalue weighted by Crippen LogP contribution is 2.47. The van der Waals surface area contributed by atoms with Crippen LogP contribution in [-0.4, -0.2) is 48.2 Å². The van der Waals surface area contributed by atoms with Crippen molar-refractivity contribution in [3.63, 3.8) is 0 Å². The van der Waals surface area contributed by atoms with Gasteiger partial charge in [-0.2, -0.15) is 0 Å². The monoisotopic (exact) mass is 423 g/mol. The van der Waals surface area contributed by atoms with Crippen LogP contribution in [0.1, 0.15) is 67.7 Å². The van der Waals surface area contributed by atoms with Crippen molar-refractivity contribution >= 4 is 5.91 Å². The zero-order valence-corrected chi connectivity index (χ0v) is 19.8. The van der Waals surface area contributed by atoms with Gasteiger partial charge in [-0.3, -0.25) is 9.69 Å². The topological polar surface area (TPSA) is 60.5 Å². The van der Waals surface area contributed by atoms with Crippen LogP contribution in [0.25, 0.3) is 11.3 Å². The van der Waals surface area contributed by atoms with Crippen LogP contribution in [-0.2, 0) is 22.1 Å². The molecule has 2 aromatic rings. The summed E-state index contributed by atoms with van der Waals surface area (Å²) in [6.45, 7) is 16.7. The number of aromatic nitrogens is 1. The van der Waals surface area contributed by atoms with Gasteiger partial charge in [0.15, 0.2) is 0 Å². The highest BCUT2D eigenvalue weighted by molar-refractivity contribution is 5.95. The van der Waals surface area contributed by atoms with Crippen molar-refractivity contribution in [2.45, 2.75) is 64.8 Å². The number of rotatable bonds is 5. The Hall–Kier alpha value is -2.11. The molecule has 5 nitrogen and oxygen atoms in total. The fourth-order valence-electron chi connectivity index (χ4n) is 5.24. The molecule has 0 unspecified atom stereocenters. The summed E-state index contributed by atoms with van der Waals surface area (Å²) in [4.78, 5) is 14.6. The van der Waals surface area contributed by atoms with Crippen LogP contribution in [0.5, 0.6) is 0 Å². The van der Waals surface area contributed by atoms with Crippen molar-refractivity contribution in [1.82, 2.24) is 9.47 Å². The van der Waals surface area contributed by atoms with E-state index in [1.807, 2.05) is 13.0 Å². The number of nitrogens with two attached hydrogens (primary N) is 1. The fourth-order valence-corrected chi connectivity index (χ4v) is 5.24. The number of hydrogen-bond donors (Lipinski definition) is 1. The van der Waals surface area contributed by atoms with Crippen LogP contribution in [0.3, 0.4) is 0 Å². The van der Waals surface area contributed by atoms with E-state index in [0.717, 1.165) is 50.8 Å². The summed E-state index contributed by atoms with van der Waals surface area (Å²) < 4.78 is 7.76. The van der Waals surface area contributed by atoms with Crippen LogP contribution < -0.4 is 5.73 Å². The normalized spacial score (nSPS) is 20.4. The van der Waals surface area contributed by atoms with Crippen LogP contribution in [0.4, 0.5) is 0 Å². The molecule has 1 aromatic heterocycles. The second-order valence-electron chi connectivity index (χ2n) is 10.5. The fraction of sp³-hybridized carbons (Fsp3) is 0.577. The summed E-state index contributed by atoms with van der Waals surface area (Å²) in [5.41, 5.74) is 12.8. The molecule has 0 radical (unpaired) electrons. The van der Waals surface area contributed by atoms with Crippen LogP contribution >= 0.6 is 0 Å². The first kappa shape index (κ1) is 22.1. The Labute approximate surface area is 186 Å². The largest absolute Gasteiger partial charge is 0.379 e. The van der Waals surface area contributed by atoms with E-state index in [9.17, 15) is 4.79 Å². The Morgan fingerprint density at radius 2 is 1.65 bits per heavy atom. The van der Waals surface area contributed by atoms with Gasteiger partial charge in [0.05, 0.1) is 18.8 Å². The van der Waals surface area contributed by atoms with E-state index in [2.05, 4.69) is 55.4 Å². The Bertz CT molecular complexity index is 981. The van der Waals surface area contributed by atoms with E-state index in [4.69, 9.17) is 10.5 Å². The molecule has 1 aliphatic heterocycles. The number of benzene rings is 1. The van der Waals surface area contributed by atoms with E-state index < -0.39 is 0 Å². The van der Waals surface area contributed by atoms with E-state index in [0.29, 0.717) is 5.56 Å². The van der Waals surface area contributed by atoms with Crippen molar-refractivity contribution in [3.05, 3.63) is 46.6 Å². The molecule has 1 aliphatic carbocycles. The van der Waals surface area contributed by atoms with E-state index in [1.54, 1.807) is 0 Å². The van der Waals surface area contributed by atoms with Crippen molar-refractivity contribution in [3.8, 4) is 11.3 Å². The summed E-state index contributed by atoms with van der Waals surface area (Å²) in [5, 5.41) is 0. The Morgan fingerprint density at radius 3 is 2.29 bits per heavy atom. The standard InChI is InChI=1S/C26H37N3O2/c1-18-20(24(27)30)17-23(29(18)11-10-28-12-14-31-15-13-28)19-6-7-21-22(16-19)26(4,5)9-8-25(21,2)3/h6-7,16-17H,8-15H2,1-5H3,(H2,27,30). The molecular weight excluding hydrogens is 386 g/mol. The van der Waals surface area contributed by atoms with Crippen LogP contribution in [0.2, 0.25) is 0 Å². The summed E-state index contributed by atoms with van der Waals surface area (Å²) in [7, 11) is 0. The van der Waals surface area contributed by atoms with Gasteiger partial charge in [-0.05, 0) is 59.4 Å². The minimum Gasteiger partial charge on any atom is -0.379 e. The number of fused-ring (bicyclic) bond motifs is 1. The maximum absolute atomic E-state index is 12.1. The maximum atomic E-state index is 12.1. The van der Waals surface area contributed by atoms with Crippen molar-refractivity contribution < 1.29 is 9.53 Å². The molecule has 2 N–H and O–H groups in total. The Kier molecular flexibility index (Phi) is 5.78. The molecular formula is C26H37N3O2.